The van der Waals surface area contributed by atoms with Gasteiger partial charge in [-0.3, -0.25) is 0 Å². The van der Waals surface area contributed by atoms with Crippen LogP contribution in [0, 0.1) is 46.5 Å². The van der Waals surface area contributed by atoms with E-state index in [9.17, 15) is 0 Å². The van der Waals surface area contributed by atoms with E-state index in [-0.39, 0.29) is 6.04 Å². The Morgan fingerprint density at radius 3 is 0.729 bits per heavy atom. The summed E-state index contributed by atoms with van der Waals surface area (Å²) in [5, 5.41) is 0. The molecule has 0 N–H and O–H groups in total. The van der Waals surface area contributed by atoms with Crippen molar-refractivity contribution < 1.29 is 20.6 Å². The third-order valence-corrected chi connectivity index (χ3v) is 29.3. The maximum Gasteiger partial charge on any atom is 0.104 e. The van der Waals surface area contributed by atoms with Crippen molar-refractivity contribution in [3.63, 3.8) is 0 Å². The molecule has 0 saturated heterocycles. The highest BCUT2D eigenvalue weighted by atomic mass is 15.5. The van der Waals surface area contributed by atoms with Gasteiger partial charge in [0.2, 0.25) is 0 Å². The van der Waals surface area contributed by atoms with E-state index >= 15 is 0 Å². The van der Waals surface area contributed by atoms with Crippen LogP contribution in [0.25, 0.3) is 5.70 Å². The van der Waals surface area contributed by atoms with Crippen molar-refractivity contribution >= 4 is 34.1 Å². The Morgan fingerprint density at radius 2 is 0.432 bits per heavy atom. The second-order valence-electron chi connectivity index (χ2n) is 36.7. The van der Waals surface area contributed by atoms with E-state index in [4.69, 9.17) is 20.6 Å². The van der Waals surface area contributed by atoms with Crippen LogP contribution >= 0.6 is 0 Å². The van der Waals surface area contributed by atoms with Gasteiger partial charge in [-0.05, 0) is 271 Å². The molecular weight excluding hydrogens is 1440 g/mol. The fourth-order valence-corrected chi connectivity index (χ4v) is 22.9. The van der Waals surface area contributed by atoms with Crippen LogP contribution in [0.5, 0.6) is 0 Å². The summed E-state index contributed by atoms with van der Waals surface area (Å²) in [5.41, 5.74) is 23.3. The first-order valence-electron chi connectivity index (χ1n) is 54.0. The maximum absolute atomic E-state index is 8.55. The Labute approximate surface area is 738 Å². The molecule has 636 valence electrons. The van der Waals surface area contributed by atoms with Crippen molar-refractivity contribution in [3.05, 3.63) is 236 Å². The Hall–Kier alpha value is -7.98. The molecule has 5 aliphatic heterocycles. The summed E-state index contributed by atoms with van der Waals surface area (Å²) in [5.74, 6) is 1.02. The van der Waals surface area contributed by atoms with Crippen molar-refractivity contribution in [2.24, 2.45) is 11.8 Å². The zero-order valence-electron chi connectivity index (χ0n) is 89.2. The van der Waals surface area contributed by atoms with Gasteiger partial charge in [0.15, 0.2) is 0 Å². The Kier molecular flexibility index (Phi) is 23.1. The van der Waals surface area contributed by atoms with Crippen LogP contribution in [0.2, 0.25) is 0 Å². The smallest absolute Gasteiger partial charge is 0.104 e. The summed E-state index contributed by atoms with van der Waals surface area (Å²) in [6, 6.07) is 52.8. The average molecular weight is 1610 g/mol. The predicted molar refractivity (Wildman–Crippen MR) is 504 cm³/mol. The summed E-state index contributed by atoms with van der Waals surface area (Å²) in [6.45, 7) is 14.7. The Morgan fingerprint density at radius 1 is 0.212 bits per heavy atom. The van der Waals surface area contributed by atoms with E-state index in [1.807, 2.05) is 120 Å². The molecule has 7 aliphatic carbocycles. The molecule has 5 unspecified atom stereocenters. The summed E-state index contributed by atoms with van der Waals surface area (Å²) in [7, 11) is 0. The molecule has 5 heterocycles. The van der Waals surface area contributed by atoms with E-state index in [0.29, 0.717) is 36.0 Å². The van der Waals surface area contributed by atoms with Crippen LogP contribution < -0.4 is 24.5 Å². The number of anilines is 5. The number of nitrogens with zero attached hydrogens (tertiary/aromatic N) is 10. The fourth-order valence-electron chi connectivity index (χ4n) is 22.9. The highest BCUT2D eigenvalue weighted by Gasteiger charge is 2.46. The van der Waals surface area contributed by atoms with E-state index in [2.05, 4.69) is 164 Å². The molecule has 0 bridgehead atoms. The molecule has 118 heavy (non-hydrogen) atoms. The monoisotopic (exact) mass is 1610 g/mol. The maximum atomic E-state index is 8.55. The van der Waals surface area contributed by atoms with Gasteiger partial charge in [-0.1, -0.05) is 243 Å². The average Bonchev–Trinajstić information content (AvgIpc) is 1.58. The standard InChI is InChI=1S/C24H36N2.C24H30N2.C23H34N2.C19H28N2.C18H26N2/c2*1-18-12-10-11-17-23(18)25-19(2)24(21-13-6-4-7-14-21)26(20(25)3)22-15-8-5-9-16-22;1-17-11-7-10-16-22(17)24-18(2)23(20-12-8-9-13-20)25(19(24)3)21-14-5-4-6-15-21;1-14-10-8-9-13-19(14)21-16(3)15(2)20(17(21)4)18-11-6-5-7-12-18;1-13-9-5-8-12-18(13)20-15(3)14(2)19(16(20)4)17-10-6-7-11-17/h10-12,17,20-22H,4-9,13-16H2,1-3H3;4,6-7,10-14,17,20,22H,5,8-9,15-16H2,1-3H3;7,10-11,16,19-21H,4-6,8-9,12-15H2,1-3H3;8-10,13,17-18H,5-7,11-12H2,1-4H3;5,8-9,12,16-17H,6-7,10-11H2,1-4H3/i3*3D3;2*4D3. The number of aryl methyl sites for hydroxylation is 5. The van der Waals surface area contributed by atoms with E-state index < -0.39 is 65.1 Å². The van der Waals surface area contributed by atoms with Gasteiger partial charge in [0, 0.05) is 142 Å². The fraction of sp³-hybridized carbons (Fsp3) is 0.574. The predicted octanol–water partition coefficient (Wildman–Crippen LogP) is 28.7. The third-order valence-electron chi connectivity index (χ3n) is 29.3. The minimum atomic E-state index is -2.13. The lowest BCUT2D eigenvalue weighted by molar-refractivity contribution is 0.147. The van der Waals surface area contributed by atoms with Gasteiger partial charge in [-0.2, -0.15) is 0 Å². The van der Waals surface area contributed by atoms with Crippen LogP contribution in [-0.4, -0.2) is 85.5 Å². The van der Waals surface area contributed by atoms with Gasteiger partial charge in [0.1, 0.15) is 30.8 Å². The zero-order chi connectivity index (χ0) is 95.3. The number of hydrogen-bond donors (Lipinski definition) is 0. The SMILES string of the molecule is [2H]C([2H])([2H])C1N(c2ccccc2C)C(C)=C(C)N1C1CCCC1.[2H]C([2H])([2H])C1N(c2ccccc2C)C(C)=C(C)N1C1CCCCC1.[2H]C([2H])([2H])C1N(c2ccccc2C)C(C)=C(C2CCCC2)N1C1CCCCC1.[2H]C([2H])([2H])C1N(c2ccccc2C)C(C)=C(C2CCCCC2)N1C1CCCCC1.[2H]C([2H])([2H])C1N(c2ccccc2C)C(C)=C(c2ccccc2)N1C1CCCCC1. The zero-order valence-corrected chi connectivity index (χ0v) is 74.2. The van der Waals surface area contributed by atoms with Crippen LogP contribution in [0.4, 0.5) is 28.4 Å². The van der Waals surface area contributed by atoms with Crippen molar-refractivity contribution in [1.82, 2.24) is 24.5 Å². The number of allylic oxidation sites excluding steroid dienone is 9. The van der Waals surface area contributed by atoms with Gasteiger partial charge < -0.3 is 49.0 Å². The molecule has 6 aromatic rings. The summed E-state index contributed by atoms with van der Waals surface area (Å²) < 4.78 is 126. The molecule has 18 rings (SSSR count). The van der Waals surface area contributed by atoms with Gasteiger partial charge >= 0.3 is 0 Å². The minimum absolute atomic E-state index is 0.258. The van der Waals surface area contributed by atoms with E-state index in [0.717, 1.165) is 160 Å². The molecule has 7 saturated carbocycles. The summed E-state index contributed by atoms with van der Waals surface area (Å²) in [4.78, 5) is 21.9. The van der Waals surface area contributed by atoms with Crippen LogP contribution in [0.3, 0.4) is 0 Å². The number of benzene rings is 6. The van der Waals surface area contributed by atoms with Crippen LogP contribution in [-0.2, 0) is 0 Å². The second-order valence-corrected chi connectivity index (χ2v) is 36.7. The number of para-hydroxylation sites is 5. The van der Waals surface area contributed by atoms with Crippen molar-refractivity contribution in [2.45, 2.75) is 390 Å². The topological polar surface area (TPSA) is 32.4 Å². The molecule has 7 fully saturated rings. The lowest BCUT2D eigenvalue weighted by atomic mass is 9.84. The Balaban J connectivity index is 0.000000134. The molecule has 0 amide bonds. The summed E-state index contributed by atoms with van der Waals surface area (Å²) >= 11 is 0. The van der Waals surface area contributed by atoms with Crippen molar-refractivity contribution in [1.29, 1.82) is 0 Å². The number of rotatable bonds is 13. The second kappa shape index (κ2) is 39.7. The molecule has 12 aliphatic rings. The molecule has 0 aromatic heterocycles. The minimum Gasteiger partial charge on any atom is -0.350 e. The largest absolute Gasteiger partial charge is 0.350 e. The normalized spacial score (nSPS) is 26.8. The van der Waals surface area contributed by atoms with Gasteiger partial charge in [-0.15, -0.1) is 0 Å². The van der Waals surface area contributed by atoms with Gasteiger partial charge in [0.05, 0.1) is 5.70 Å². The molecule has 10 heteroatoms. The molecule has 10 nitrogen and oxygen atoms in total. The lowest BCUT2D eigenvalue weighted by Crippen LogP contribution is -2.45. The number of hydrogen-bond acceptors (Lipinski definition) is 10. The molecular formula is C108H154N10. The lowest BCUT2D eigenvalue weighted by Gasteiger charge is -2.42. The van der Waals surface area contributed by atoms with Gasteiger partial charge in [-0.25, -0.2) is 0 Å². The van der Waals surface area contributed by atoms with E-state index in [1.165, 1.54) is 170 Å². The van der Waals surface area contributed by atoms with Crippen LogP contribution in [0.15, 0.2) is 203 Å². The first-order chi connectivity index (χ1) is 63.3. The first kappa shape index (κ1) is 68.6. The molecule has 5 atom stereocenters. The molecule has 0 radical (unpaired) electrons. The molecule has 6 aromatic carbocycles. The van der Waals surface area contributed by atoms with Crippen LogP contribution in [0.1, 0.15) is 349 Å². The van der Waals surface area contributed by atoms with Crippen molar-refractivity contribution in [2.75, 3.05) is 24.5 Å². The van der Waals surface area contributed by atoms with Gasteiger partial charge in [0.25, 0.3) is 0 Å². The first-order valence-corrected chi connectivity index (χ1v) is 46.5. The summed E-state index contributed by atoms with van der Waals surface area (Å²) in [6.07, 6.45) is 36.2. The molecule has 0 spiro atoms. The third kappa shape index (κ3) is 18.2. The Bertz CT molecular complexity index is 5040. The van der Waals surface area contributed by atoms with E-state index in [1.54, 1.807) is 0 Å². The quantitative estimate of drug-likeness (QED) is 0.112. The highest BCUT2D eigenvalue weighted by Crippen LogP contribution is 2.51. The van der Waals surface area contributed by atoms with Crippen molar-refractivity contribution in [3.8, 4) is 0 Å². The highest BCUT2D eigenvalue weighted by molar-refractivity contribution is 5.77.